The second kappa shape index (κ2) is 10.4. The standard InChI is InChI=1S/C25H28BrN/c1-2-3-4-5-6-7-10-20-13-15-21(16-14-20)19-27-25-18-17-24(26)22-11-8-9-12-23(22)25/h8-9,11-19H,2-7,10H2,1H3. The van der Waals surface area contributed by atoms with Crippen LogP contribution in [0.2, 0.25) is 0 Å². The quantitative estimate of drug-likeness (QED) is 0.243. The van der Waals surface area contributed by atoms with Crippen molar-refractivity contribution in [2.75, 3.05) is 0 Å². The number of unbranched alkanes of at least 4 members (excludes halogenated alkanes) is 5. The summed E-state index contributed by atoms with van der Waals surface area (Å²) in [4.78, 5) is 4.73. The zero-order chi connectivity index (χ0) is 18.9. The first-order valence-corrected chi connectivity index (χ1v) is 10.9. The van der Waals surface area contributed by atoms with Gasteiger partial charge in [-0.05, 0) is 41.5 Å². The number of hydrogen-bond donors (Lipinski definition) is 0. The van der Waals surface area contributed by atoms with E-state index < -0.39 is 0 Å². The van der Waals surface area contributed by atoms with E-state index in [1.807, 2.05) is 6.21 Å². The summed E-state index contributed by atoms with van der Waals surface area (Å²) in [5, 5.41) is 2.37. The highest BCUT2D eigenvalue weighted by atomic mass is 79.9. The number of halogens is 1. The highest BCUT2D eigenvalue weighted by molar-refractivity contribution is 9.10. The Morgan fingerprint density at radius 3 is 2.26 bits per heavy atom. The maximum Gasteiger partial charge on any atom is 0.0709 e. The lowest BCUT2D eigenvalue weighted by atomic mass is 10.0. The number of rotatable bonds is 9. The van der Waals surface area contributed by atoms with Crippen LogP contribution in [0.15, 0.2) is 70.1 Å². The van der Waals surface area contributed by atoms with Crippen LogP contribution in [0, 0.1) is 0 Å². The van der Waals surface area contributed by atoms with Crippen LogP contribution in [0.25, 0.3) is 10.8 Å². The first-order chi connectivity index (χ1) is 13.3. The lowest BCUT2D eigenvalue weighted by Gasteiger charge is -2.04. The van der Waals surface area contributed by atoms with Crippen LogP contribution < -0.4 is 0 Å². The largest absolute Gasteiger partial charge is 0.256 e. The molecule has 0 unspecified atom stereocenters. The molecule has 0 N–H and O–H groups in total. The predicted molar refractivity (Wildman–Crippen MR) is 122 cm³/mol. The molecule has 0 heterocycles. The van der Waals surface area contributed by atoms with Gasteiger partial charge in [-0.1, -0.05) is 103 Å². The van der Waals surface area contributed by atoms with Gasteiger partial charge >= 0.3 is 0 Å². The Balaban J connectivity index is 1.59. The molecule has 0 aliphatic rings. The predicted octanol–water partition coefficient (Wildman–Crippen LogP) is 8.26. The third kappa shape index (κ3) is 5.77. The van der Waals surface area contributed by atoms with Gasteiger partial charge in [0.2, 0.25) is 0 Å². The summed E-state index contributed by atoms with van der Waals surface area (Å²) >= 11 is 3.62. The van der Waals surface area contributed by atoms with Crippen molar-refractivity contribution in [1.82, 2.24) is 0 Å². The molecule has 140 valence electrons. The van der Waals surface area contributed by atoms with Crippen molar-refractivity contribution in [3.05, 3.63) is 76.3 Å². The lowest BCUT2D eigenvalue weighted by molar-refractivity contribution is 0.607. The minimum absolute atomic E-state index is 1.00. The summed E-state index contributed by atoms with van der Waals surface area (Å²) in [7, 11) is 0. The smallest absolute Gasteiger partial charge is 0.0709 e. The van der Waals surface area contributed by atoms with Gasteiger partial charge in [-0.3, -0.25) is 4.99 Å². The van der Waals surface area contributed by atoms with Gasteiger partial charge < -0.3 is 0 Å². The van der Waals surface area contributed by atoms with Gasteiger partial charge in [-0.15, -0.1) is 0 Å². The van der Waals surface area contributed by atoms with Gasteiger partial charge in [0.05, 0.1) is 5.69 Å². The maximum atomic E-state index is 4.73. The van der Waals surface area contributed by atoms with Gasteiger partial charge in [0.1, 0.15) is 0 Å². The molecule has 3 aromatic carbocycles. The molecule has 1 nitrogen and oxygen atoms in total. The van der Waals surface area contributed by atoms with Crippen LogP contribution in [-0.4, -0.2) is 6.21 Å². The molecular formula is C25H28BrN. The zero-order valence-corrected chi connectivity index (χ0v) is 17.7. The molecule has 0 radical (unpaired) electrons. The molecule has 2 heteroatoms. The summed E-state index contributed by atoms with van der Waals surface area (Å²) in [6, 6.07) is 21.3. The molecule has 0 amide bonds. The van der Waals surface area contributed by atoms with Crippen molar-refractivity contribution < 1.29 is 0 Å². The van der Waals surface area contributed by atoms with Crippen molar-refractivity contribution in [1.29, 1.82) is 0 Å². The number of benzene rings is 3. The van der Waals surface area contributed by atoms with E-state index in [0.717, 1.165) is 15.7 Å². The number of aryl methyl sites for hydroxylation is 1. The molecule has 0 aliphatic carbocycles. The first-order valence-electron chi connectivity index (χ1n) is 10.1. The molecule has 3 rings (SSSR count). The van der Waals surface area contributed by atoms with Gasteiger partial charge in [0, 0.05) is 16.1 Å². The minimum atomic E-state index is 1.00. The Morgan fingerprint density at radius 1 is 0.778 bits per heavy atom. The molecule has 3 aromatic rings. The monoisotopic (exact) mass is 421 g/mol. The van der Waals surface area contributed by atoms with E-state index in [1.54, 1.807) is 0 Å². The molecule has 0 atom stereocenters. The fourth-order valence-corrected chi connectivity index (χ4v) is 3.86. The molecular weight excluding hydrogens is 394 g/mol. The van der Waals surface area contributed by atoms with E-state index in [9.17, 15) is 0 Å². The van der Waals surface area contributed by atoms with Crippen molar-refractivity contribution in [3.8, 4) is 0 Å². The SMILES string of the molecule is CCCCCCCCc1ccc(C=Nc2ccc(Br)c3ccccc23)cc1. The van der Waals surface area contributed by atoms with Crippen molar-refractivity contribution in [3.63, 3.8) is 0 Å². The molecule has 0 aliphatic heterocycles. The number of nitrogens with zero attached hydrogens (tertiary/aromatic N) is 1. The fourth-order valence-electron chi connectivity index (χ4n) is 3.38. The van der Waals surface area contributed by atoms with E-state index in [-0.39, 0.29) is 0 Å². The molecule has 0 bridgehead atoms. The van der Waals surface area contributed by atoms with Crippen LogP contribution in [0.5, 0.6) is 0 Å². The second-order valence-corrected chi connectivity index (χ2v) is 7.98. The third-order valence-electron chi connectivity index (χ3n) is 5.00. The Hall–Kier alpha value is -1.93. The Labute approximate surface area is 171 Å². The Morgan fingerprint density at radius 2 is 1.48 bits per heavy atom. The van der Waals surface area contributed by atoms with Gasteiger partial charge in [-0.25, -0.2) is 0 Å². The average molecular weight is 422 g/mol. The Kier molecular flexibility index (Phi) is 7.65. The molecule has 27 heavy (non-hydrogen) atoms. The molecule has 0 spiro atoms. The van der Waals surface area contributed by atoms with Crippen molar-refractivity contribution >= 4 is 38.6 Å². The average Bonchev–Trinajstić information content (AvgIpc) is 2.71. The van der Waals surface area contributed by atoms with Crippen LogP contribution in [0.4, 0.5) is 5.69 Å². The third-order valence-corrected chi connectivity index (χ3v) is 5.69. The molecule has 0 aromatic heterocycles. The number of aliphatic imine (C=N–C) groups is 1. The van der Waals surface area contributed by atoms with Gasteiger partial charge in [0.15, 0.2) is 0 Å². The van der Waals surface area contributed by atoms with Crippen LogP contribution in [0.1, 0.15) is 56.6 Å². The lowest BCUT2D eigenvalue weighted by Crippen LogP contribution is -1.88. The highest BCUT2D eigenvalue weighted by Gasteiger charge is 2.02. The second-order valence-electron chi connectivity index (χ2n) is 7.13. The normalized spacial score (nSPS) is 11.5. The van der Waals surface area contributed by atoms with Crippen molar-refractivity contribution in [2.45, 2.75) is 51.9 Å². The van der Waals surface area contributed by atoms with Gasteiger partial charge in [-0.2, -0.15) is 0 Å². The number of hydrogen-bond acceptors (Lipinski definition) is 1. The van der Waals surface area contributed by atoms with E-state index in [2.05, 4.69) is 83.5 Å². The molecule has 0 saturated heterocycles. The zero-order valence-electron chi connectivity index (χ0n) is 16.1. The van der Waals surface area contributed by atoms with E-state index >= 15 is 0 Å². The maximum absolute atomic E-state index is 4.73. The summed E-state index contributed by atoms with van der Waals surface area (Å²) in [6.45, 7) is 2.27. The van der Waals surface area contributed by atoms with Crippen LogP contribution in [0.3, 0.4) is 0 Å². The van der Waals surface area contributed by atoms with E-state index in [4.69, 9.17) is 4.99 Å². The summed E-state index contributed by atoms with van der Waals surface area (Å²) in [6.07, 6.45) is 11.2. The first kappa shape index (κ1) is 19.8. The minimum Gasteiger partial charge on any atom is -0.256 e. The fraction of sp³-hybridized carbons (Fsp3) is 0.320. The summed E-state index contributed by atoms with van der Waals surface area (Å²) in [5.74, 6) is 0. The van der Waals surface area contributed by atoms with Gasteiger partial charge in [0.25, 0.3) is 0 Å². The molecule has 0 fully saturated rings. The highest BCUT2D eigenvalue weighted by Crippen LogP contribution is 2.31. The summed E-state index contributed by atoms with van der Waals surface area (Å²) < 4.78 is 1.11. The van der Waals surface area contributed by atoms with Crippen molar-refractivity contribution in [2.24, 2.45) is 4.99 Å². The molecule has 0 saturated carbocycles. The van der Waals surface area contributed by atoms with E-state index in [0.29, 0.717) is 0 Å². The topological polar surface area (TPSA) is 12.4 Å². The number of fused-ring (bicyclic) bond motifs is 1. The van der Waals surface area contributed by atoms with Crippen LogP contribution in [-0.2, 0) is 6.42 Å². The van der Waals surface area contributed by atoms with Crippen LogP contribution >= 0.6 is 15.9 Å². The van der Waals surface area contributed by atoms with E-state index in [1.165, 1.54) is 61.3 Å². The summed E-state index contributed by atoms with van der Waals surface area (Å²) in [5.41, 5.74) is 3.58. The Bertz CT molecular complexity index is 880.